The van der Waals surface area contributed by atoms with Gasteiger partial charge >= 0.3 is 0 Å². The molecule has 0 heterocycles. The van der Waals surface area contributed by atoms with Gasteiger partial charge in [0.2, 0.25) is 0 Å². The van der Waals surface area contributed by atoms with Crippen LogP contribution in [0.4, 0.5) is 14.5 Å². The van der Waals surface area contributed by atoms with Crippen LogP contribution >= 0.6 is 15.9 Å². The molecule has 0 aromatic heterocycles. The molecule has 2 nitrogen and oxygen atoms in total. The molecule has 0 saturated carbocycles. The predicted octanol–water partition coefficient (Wildman–Crippen LogP) is 4.67. The number of para-hydroxylation sites is 1. The fraction of sp³-hybridized carbons (Fsp3) is 0.133. The Morgan fingerprint density at radius 1 is 1.15 bits per heavy atom. The number of carbonyl (C=O) groups excluding carboxylic acids is 1. The Bertz CT molecular complexity index is 623. The zero-order chi connectivity index (χ0) is 14.7. The fourth-order valence-electron chi connectivity index (χ4n) is 1.84. The first-order valence-corrected chi connectivity index (χ1v) is 6.89. The summed E-state index contributed by atoms with van der Waals surface area (Å²) in [5.41, 5.74) is 1.43. The lowest BCUT2D eigenvalue weighted by atomic mass is 10.1. The number of halogens is 3. The number of carbonyl (C=O) groups is 1. The van der Waals surface area contributed by atoms with Crippen LogP contribution < -0.4 is 5.32 Å². The number of hydrogen-bond donors (Lipinski definition) is 1. The zero-order valence-corrected chi connectivity index (χ0v) is 12.2. The van der Waals surface area contributed by atoms with Crippen LogP contribution in [0.2, 0.25) is 0 Å². The minimum Gasteiger partial charge on any atom is -0.322 e. The lowest BCUT2D eigenvalue weighted by Crippen LogP contribution is -2.14. The van der Waals surface area contributed by atoms with Gasteiger partial charge in [0.1, 0.15) is 11.6 Å². The maximum absolute atomic E-state index is 13.1. The van der Waals surface area contributed by atoms with E-state index in [1.54, 1.807) is 12.1 Å². The lowest BCUT2D eigenvalue weighted by Gasteiger charge is -2.12. The van der Waals surface area contributed by atoms with Crippen LogP contribution in [0.5, 0.6) is 0 Å². The molecule has 0 fully saturated rings. The molecule has 104 valence electrons. The summed E-state index contributed by atoms with van der Waals surface area (Å²) in [7, 11) is 0. The molecule has 2 aromatic carbocycles. The summed E-state index contributed by atoms with van der Waals surface area (Å²) in [6, 6.07) is 9.95. The van der Waals surface area contributed by atoms with Gasteiger partial charge < -0.3 is 5.32 Å². The second-order valence-corrected chi connectivity index (χ2v) is 5.69. The Kier molecular flexibility index (Phi) is 4.49. The van der Waals surface area contributed by atoms with Gasteiger partial charge in [-0.15, -0.1) is 0 Å². The van der Waals surface area contributed by atoms with Crippen LogP contribution in [0.3, 0.4) is 0 Å². The summed E-state index contributed by atoms with van der Waals surface area (Å²) in [4.78, 5) is 12.1. The van der Waals surface area contributed by atoms with Crippen LogP contribution in [0.15, 0.2) is 42.5 Å². The van der Waals surface area contributed by atoms with E-state index in [0.717, 1.165) is 23.8 Å². The highest BCUT2D eigenvalue weighted by Crippen LogP contribution is 2.28. The zero-order valence-electron chi connectivity index (χ0n) is 10.7. The van der Waals surface area contributed by atoms with Crippen LogP contribution in [0.1, 0.15) is 27.7 Å². The average molecular weight is 340 g/mol. The monoisotopic (exact) mass is 339 g/mol. The number of hydrogen-bond acceptors (Lipinski definition) is 1. The molecule has 2 rings (SSSR count). The SMILES string of the molecule is CC(Br)c1ccccc1NC(=O)c1cc(F)cc(F)c1. The van der Waals surface area contributed by atoms with E-state index in [-0.39, 0.29) is 10.4 Å². The standard InChI is InChI=1S/C15H12BrF2NO/c1-9(16)13-4-2-3-5-14(13)19-15(20)10-6-11(17)8-12(18)7-10/h2-9H,1H3,(H,19,20). The molecule has 0 bridgehead atoms. The van der Waals surface area contributed by atoms with Crippen LogP contribution in [0, 0.1) is 11.6 Å². The molecule has 0 aliphatic carbocycles. The second-order valence-electron chi connectivity index (χ2n) is 4.32. The lowest BCUT2D eigenvalue weighted by molar-refractivity contribution is 0.102. The van der Waals surface area contributed by atoms with Crippen LogP contribution in [0.25, 0.3) is 0 Å². The van der Waals surface area contributed by atoms with Crippen molar-refractivity contribution >= 4 is 27.5 Å². The first-order valence-electron chi connectivity index (χ1n) is 5.98. The van der Waals surface area contributed by atoms with E-state index in [9.17, 15) is 13.6 Å². The van der Waals surface area contributed by atoms with Crippen LogP contribution in [-0.2, 0) is 0 Å². The average Bonchev–Trinajstić information content (AvgIpc) is 2.37. The third-order valence-electron chi connectivity index (χ3n) is 2.76. The highest BCUT2D eigenvalue weighted by Gasteiger charge is 2.13. The largest absolute Gasteiger partial charge is 0.322 e. The number of benzene rings is 2. The summed E-state index contributed by atoms with van der Waals surface area (Å²) in [5, 5.41) is 2.66. The molecule has 1 amide bonds. The Morgan fingerprint density at radius 2 is 1.75 bits per heavy atom. The van der Waals surface area contributed by atoms with Gasteiger partial charge in [0.15, 0.2) is 0 Å². The molecule has 2 aromatic rings. The van der Waals surface area contributed by atoms with Gasteiger partial charge in [-0.1, -0.05) is 34.1 Å². The maximum atomic E-state index is 13.1. The summed E-state index contributed by atoms with van der Waals surface area (Å²) in [6.07, 6.45) is 0. The van der Waals surface area contributed by atoms with Crippen molar-refractivity contribution in [1.82, 2.24) is 0 Å². The van der Waals surface area contributed by atoms with E-state index in [2.05, 4.69) is 21.2 Å². The van der Waals surface area contributed by atoms with Gasteiger partial charge in [0, 0.05) is 22.1 Å². The minimum absolute atomic E-state index is 0.0447. The molecule has 0 saturated heterocycles. The summed E-state index contributed by atoms with van der Waals surface area (Å²) >= 11 is 3.43. The van der Waals surface area contributed by atoms with E-state index < -0.39 is 17.5 Å². The van der Waals surface area contributed by atoms with Gasteiger partial charge in [-0.05, 0) is 30.7 Å². The summed E-state index contributed by atoms with van der Waals surface area (Å²) in [5.74, 6) is -2.11. The molecule has 0 spiro atoms. The highest BCUT2D eigenvalue weighted by atomic mass is 79.9. The quantitative estimate of drug-likeness (QED) is 0.808. The summed E-state index contributed by atoms with van der Waals surface area (Å²) < 4.78 is 26.2. The van der Waals surface area contributed by atoms with Crippen molar-refractivity contribution in [3.8, 4) is 0 Å². The van der Waals surface area contributed by atoms with Gasteiger partial charge in [0.05, 0.1) is 0 Å². The van der Waals surface area contributed by atoms with E-state index >= 15 is 0 Å². The van der Waals surface area contributed by atoms with Crippen molar-refractivity contribution in [3.63, 3.8) is 0 Å². The second kappa shape index (κ2) is 6.13. The topological polar surface area (TPSA) is 29.1 Å². The van der Waals surface area contributed by atoms with Crippen molar-refractivity contribution in [2.45, 2.75) is 11.8 Å². The Morgan fingerprint density at radius 3 is 2.35 bits per heavy atom. The molecule has 0 radical (unpaired) electrons. The number of alkyl halides is 1. The normalized spacial score (nSPS) is 12.0. The van der Waals surface area contributed by atoms with Gasteiger partial charge in [-0.2, -0.15) is 0 Å². The molecule has 1 unspecified atom stereocenters. The fourth-order valence-corrected chi connectivity index (χ4v) is 2.24. The first-order chi connectivity index (χ1) is 9.47. The molecular formula is C15H12BrF2NO. The van der Waals surface area contributed by atoms with E-state index in [4.69, 9.17) is 0 Å². The minimum atomic E-state index is -0.780. The number of rotatable bonds is 3. The Balaban J connectivity index is 2.28. The van der Waals surface area contributed by atoms with Crippen molar-refractivity contribution in [2.24, 2.45) is 0 Å². The van der Waals surface area contributed by atoms with Crippen LogP contribution in [-0.4, -0.2) is 5.91 Å². The molecule has 20 heavy (non-hydrogen) atoms. The number of nitrogens with one attached hydrogen (secondary N) is 1. The van der Waals surface area contributed by atoms with Gasteiger partial charge in [-0.3, -0.25) is 4.79 Å². The van der Waals surface area contributed by atoms with E-state index in [1.807, 2.05) is 19.1 Å². The molecule has 5 heteroatoms. The molecule has 0 aliphatic heterocycles. The Labute approximate surface area is 123 Å². The van der Waals surface area contributed by atoms with Crippen molar-refractivity contribution in [3.05, 3.63) is 65.2 Å². The van der Waals surface area contributed by atoms with Gasteiger partial charge in [-0.25, -0.2) is 8.78 Å². The first kappa shape index (κ1) is 14.7. The molecular weight excluding hydrogens is 328 g/mol. The maximum Gasteiger partial charge on any atom is 0.255 e. The smallest absolute Gasteiger partial charge is 0.255 e. The summed E-state index contributed by atoms with van der Waals surface area (Å²) in [6.45, 7) is 1.92. The molecule has 0 aliphatic rings. The molecule has 1 atom stereocenters. The molecule has 1 N–H and O–H groups in total. The van der Waals surface area contributed by atoms with E-state index in [0.29, 0.717) is 5.69 Å². The van der Waals surface area contributed by atoms with Crippen molar-refractivity contribution < 1.29 is 13.6 Å². The predicted molar refractivity (Wildman–Crippen MR) is 78.1 cm³/mol. The van der Waals surface area contributed by atoms with Crippen molar-refractivity contribution in [2.75, 3.05) is 5.32 Å². The highest BCUT2D eigenvalue weighted by molar-refractivity contribution is 9.09. The van der Waals surface area contributed by atoms with Crippen molar-refractivity contribution in [1.29, 1.82) is 0 Å². The van der Waals surface area contributed by atoms with E-state index in [1.165, 1.54) is 0 Å². The third-order valence-corrected chi connectivity index (χ3v) is 3.26. The number of anilines is 1. The van der Waals surface area contributed by atoms with Gasteiger partial charge in [0.25, 0.3) is 5.91 Å². The number of amides is 1. The third kappa shape index (κ3) is 3.42. The Hall–Kier alpha value is -1.75.